The number of carbonyl (C=O) groups excluding carboxylic acids is 2. The van der Waals surface area contributed by atoms with Gasteiger partial charge in [0, 0.05) is 18.8 Å². The average Bonchev–Trinajstić information content (AvgIpc) is 2.29. The van der Waals surface area contributed by atoms with Gasteiger partial charge in [0.2, 0.25) is 0 Å². The molecule has 0 aromatic rings. The minimum absolute atomic E-state index is 0.191. The molecule has 0 saturated heterocycles. The normalized spacial score (nSPS) is 12.7. The lowest BCUT2D eigenvalue weighted by atomic mass is 10.1. The molecule has 0 spiro atoms. The fourth-order valence-corrected chi connectivity index (χ4v) is 2.09. The van der Waals surface area contributed by atoms with E-state index in [0.29, 0.717) is 6.42 Å². The lowest BCUT2D eigenvalue weighted by molar-refractivity contribution is -0.144. The predicted molar refractivity (Wildman–Crippen MR) is 77.8 cm³/mol. The van der Waals surface area contributed by atoms with E-state index in [-0.39, 0.29) is 24.6 Å². The summed E-state index contributed by atoms with van der Waals surface area (Å²) >= 11 is 1.49. The number of esters is 2. The zero-order valence-electron chi connectivity index (χ0n) is 12.0. The van der Waals surface area contributed by atoms with Crippen LogP contribution < -0.4 is 0 Å². The molecule has 0 fully saturated rings. The van der Waals surface area contributed by atoms with E-state index < -0.39 is 0 Å². The number of hydrogen-bond donors (Lipinski definition) is 0. The summed E-state index contributed by atoms with van der Waals surface area (Å²) in [4.78, 5) is 22.7. The average molecular weight is 286 g/mol. The summed E-state index contributed by atoms with van der Waals surface area (Å²) in [6.07, 6.45) is 4.83. The zero-order chi connectivity index (χ0) is 14.8. The van der Waals surface area contributed by atoms with Gasteiger partial charge in [-0.15, -0.1) is 18.3 Å². The van der Waals surface area contributed by atoms with Crippen LogP contribution in [0.3, 0.4) is 0 Å². The molecule has 0 aliphatic heterocycles. The first-order chi connectivity index (χ1) is 8.86. The van der Waals surface area contributed by atoms with Crippen molar-refractivity contribution in [1.82, 2.24) is 0 Å². The van der Waals surface area contributed by atoms with Gasteiger partial charge in [0.25, 0.3) is 0 Å². The van der Waals surface area contributed by atoms with E-state index in [0.717, 1.165) is 16.9 Å². The number of ether oxygens (including phenoxy) is 2. The predicted octanol–water partition coefficient (Wildman–Crippen LogP) is 3.08. The van der Waals surface area contributed by atoms with E-state index in [9.17, 15) is 9.59 Å². The quantitative estimate of drug-likeness (QED) is 0.507. The Hall–Kier alpha value is -1.23. The second kappa shape index (κ2) is 9.67. The molecule has 0 aliphatic carbocycles. The van der Waals surface area contributed by atoms with Crippen LogP contribution in [0.1, 0.15) is 33.6 Å². The van der Waals surface area contributed by atoms with Crippen LogP contribution in [0.25, 0.3) is 0 Å². The second-order valence-corrected chi connectivity index (χ2v) is 5.09. The highest BCUT2D eigenvalue weighted by atomic mass is 32.2. The van der Waals surface area contributed by atoms with E-state index in [4.69, 9.17) is 9.47 Å². The van der Waals surface area contributed by atoms with Crippen molar-refractivity contribution in [2.45, 2.75) is 39.7 Å². The van der Waals surface area contributed by atoms with E-state index in [1.807, 2.05) is 13.2 Å². The van der Waals surface area contributed by atoms with E-state index in [1.165, 1.54) is 25.6 Å². The van der Waals surface area contributed by atoms with Crippen LogP contribution in [0.5, 0.6) is 0 Å². The van der Waals surface area contributed by atoms with Crippen molar-refractivity contribution in [3.63, 3.8) is 0 Å². The Morgan fingerprint density at radius 2 is 1.89 bits per heavy atom. The summed E-state index contributed by atoms with van der Waals surface area (Å²) in [5, 5.41) is 0. The molecule has 0 N–H and O–H groups in total. The molecule has 0 radical (unpaired) electrons. The fourth-order valence-electron chi connectivity index (χ4n) is 1.42. The minimum atomic E-state index is -0.331. The first kappa shape index (κ1) is 17.8. The van der Waals surface area contributed by atoms with Crippen molar-refractivity contribution in [3.8, 4) is 0 Å². The van der Waals surface area contributed by atoms with Gasteiger partial charge >= 0.3 is 11.9 Å². The lowest BCUT2D eigenvalue weighted by Crippen LogP contribution is -2.18. The molecule has 0 aromatic carbocycles. The van der Waals surface area contributed by atoms with Crippen molar-refractivity contribution < 1.29 is 19.1 Å². The number of allylic oxidation sites excluding steroid dienone is 1. The van der Waals surface area contributed by atoms with E-state index in [1.54, 1.807) is 6.08 Å². The Kier molecular flexibility index (Phi) is 9.04. The van der Waals surface area contributed by atoms with Crippen LogP contribution in [-0.2, 0) is 19.1 Å². The van der Waals surface area contributed by atoms with Gasteiger partial charge < -0.3 is 9.47 Å². The van der Waals surface area contributed by atoms with Crippen molar-refractivity contribution in [2.75, 3.05) is 12.9 Å². The van der Waals surface area contributed by atoms with Crippen molar-refractivity contribution in [1.29, 1.82) is 0 Å². The van der Waals surface area contributed by atoms with Crippen LogP contribution in [-0.4, -0.2) is 30.9 Å². The second-order valence-electron chi connectivity index (χ2n) is 4.21. The summed E-state index contributed by atoms with van der Waals surface area (Å²) in [5.41, 5.74) is 1.04. The lowest BCUT2D eigenvalue weighted by Gasteiger charge is -2.19. The third-order valence-electron chi connectivity index (χ3n) is 2.27. The van der Waals surface area contributed by atoms with Crippen molar-refractivity contribution in [3.05, 3.63) is 23.1 Å². The number of carbonyl (C=O) groups is 2. The third-order valence-corrected chi connectivity index (χ3v) is 3.17. The van der Waals surface area contributed by atoms with Gasteiger partial charge in [0.1, 0.15) is 12.7 Å². The molecule has 0 bridgehead atoms. The molecule has 5 heteroatoms. The number of hydrogen-bond acceptors (Lipinski definition) is 5. The van der Waals surface area contributed by atoms with Gasteiger partial charge in [-0.2, -0.15) is 0 Å². The van der Waals surface area contributed by atoms with Gasteiger partial charge in [-0.1, -0.05) is 5.57 Å². The van der Waals surface area contributed by atoms with Gasteiger partial charge in [0.05, 0.1) is 0 Å². The summed E-state index contributed by atoms with van der Waals surface area (Å²) < 4.78 is 10.2. The SMILES string of the molecule is C=C(C)CCC(OC(C)=O)/C(=C\COC(C)=O)SC. The Labute approximate surface area is 119 Å². The Bertz CT molecular complexity index is 360. The summed E-state index contributed by atoms with van der Waals surface area (Å²) in [7, 11) is 0. The minimum Gasteiger partial charge on any atom is -0.462 e. The molecule has 4 nitrogen and oxygen atoms in total. The molecular weight excluding hydrogens is 264 g/mol. The molecule has 19 heavy (non-hydrogen) atoms. The van der Waals surface area contributed by atoms with Crippen molar-refractivity contribution >= 4 is 23.7 Å². The first-order valence-corrected chi connectivity index (χ1v) is 7.28. The molecule has 0 heterocycles. The molecule has 0 aromatic heterocycles. The highest BCUT2D eigenvalue weighted by Gasteiger charge is 2.17. The van der Waals surface area contributed by atoms with Crippen LogP contribution in [0.2, 0.25) is 0 Å². The summed E-state index contributed by atoms with van der Waals surface area (Å²) in [6.45, 7) is 8.71. The van der Waals surface area contributed by atoms with Crippen LogP contribution in [0, 0.1) is 0 Å². The first-order valence-electron chi connectivity index (χ1n) is 6.05. The molecule has 0 saturated carbocycles. The maximum atomic E-state index is 11.1. The molecular formula is C14H22O4S. The largest absolute Gasteiger partial charge is 0.462 e. The highest BCUT2D eigenvalue weighted by molar-refractivity contribution is 8.02. The van der Waals surface area contributed by atoms with Crippen LogP contribution >= 0.6 is 11.8 Å². The van der Waals surface area contributed by atoms with Gasteiger partial charge in [-0.3, -0.25) is 9.59 Å². The molecule has 0 amide bonds. The van der Waals surface area contributed by atoms with Gasteiger partial charge in [-0.25, -0.2) is 0 Å². The van der Waals surface area contributed by atoms with Gasteiger partial charge in [0.15, 0.2) is 0 Å². The number of rotatable bonds is 8. The van der Waals surface area contributed by atoms with E-state index >= 15 is 0 Å². The maximum absolute atomic E-state index is 11.1. The smallest absolute Gasteiger partial charge is 0.303 e. The molecule has 108 valence electrons. The molecule has 1 atom stereocenters. The van der Waals surface area contributed by atoms with E-state index in [2.05, 4.69) is 6.58 Å². The monoisotopic (exact) mass is 286 g/mol. The number of thioether (sulfide) groups is 1. The summed E-state index contributed by atoms with van der Waals surface area (Å²) in [6, 6.07) is 0. The Morgan fingerprint density at radius 3 is 2.32 bits per heavy atom. The molecule has 1 unspecified atom stereocenters. The van der Waals surface area contributed by atoms with Gasteiger partial charge in [-0.05, 0) is 32.1 Å². The Morgan fingerprint density at radius 1 is 1.26 bits per heavy atom. The van der Waals surface area contributed by atoms with Crippen LogP contribution in [0.4, 0.5) is 0 Å². The van der Waals surface area contributed by atoms with Crippen molar-refractivity contribution in [2.24, 2.45) is 0 Å². The third kappa shape index (κ3) is 9.36. The van der Waals surface area contributed by atoms with Crippen LogP contribution in [0.15, 0.2) is 23.1 Å². The zero-order valence-corrected chi connectivity index (χ0v) is 12.8. The standard InChI is InChI=1S/C14H22O4S/c1-10(2)6-7-13(18-12(4)16)14(19-5)8-9-17-11(3)15/h8,13H,1,6-7,9H2,2-5H3/b14-8+. The molecule has 0 aliphatic rings. The molecule has 0 rings (SSSR count). The Balaban J connectivity index is 4.69. The topological polar surface area (TPSA) is 52.6 Å². The maximum Gasteiger partial charge on any atom is 0.303 e. The summed E-state index contributed by atoms with van der Waals surface area (Å²) in [5.74, 6) is -0.651. The fraction of sp³-hybridized carbons (Fsp3) is 0.571. The highest BCUT2D eigenvalue weighted by Crippen LogP contribution is 2.24.